The zero-order valence-corrected chi connectivity index (χ0v) is 9.42. The molecule has 0 aliphatic carbocycles. The van der Waals surface area contributed by atoms with Gasteiger partial charge in [0.2, 0.25) is 5.91 Å². The zero-order chi connectivity index (χ0) is 11.8. The monoisotopic (exact) mass is 216 g/mol. The van der Waals surface area contributed by atoms with E-state index in [1.807, 2.05) is 24.3 Å². The highest BCUT2D eigenvalue weighted by Gasteiger charge is 2.00. The van der Waals surface area contributed by atoms with E-state index in [1.54, 1.807) is 6.92 Å². The van der Waals surface area contributed by atoms with Crippen LogP contribution >= 0.6 is 0 Å². The van der Waals surface area contributed by atoms with Gasteiger partial charge in [0.05, 0.1) is 6.54 Å². The molecule has 0 bridgehead atoms. The first kappa shape index (κ1) is 12.1. The molecule has 0 aliphatic heterocycles. The minimum atomic E-state index is 0.0274. The van der Waals surface area contributed by atoms with Crippen LogP contribution in [0, 0.1) is 11.8 Å². The smallest absolute Gasteiger partial charge is 0.221 e. The summed E-state index contributed by atoms with van der Waals surface area (Å²) >= 11 is 0. The van der Waals surface area contributed by atoms with Crippen molar-refractivity contribution >= 4 is 11.6 Å². The molecule has 84 valence electrons. The number of aryl methyl sites for hydroxylation is 1. The Morgan fingerprint density at radius 3 is 2.69 bits per heavy atom. The maximum absolute atomic E-state index is 11.4. The second kappa shape index (κ2) is 6.52. The lowest BCUT2D eigenvalue weighted by atomic mass is 10.1. The molecule has 0 fully saturated rings. The maximum atomic E-state index is 11.4. The minimum Gasteiger partial charge on any atom is -0.399 e. The van der Waals surface area contributed by atoms with Crippen LogP contribution in [0.5, 0.6) is 0 Å². The molecule has 3 N–H and O–H groups in total. The Kier molecular flexibility index (Phi) is 4.94. The van der Waals surface area contributed by atoms with E-state index in [-0.39, 0.29) is 5.91 Å². The quantitative estimate of drug-likeness (QED) is 0.589. The van der Waals surface area contributed by atoms with Crippen molar-refractivity contribution in [3.8, 4) is 11.8 Å². The molecular weight excluding hydrogens is 200 g/mol. The lowest BCUT2D eigenvalue weighted by molar-refractivity contribution is -0.120. The van der Waals surface area contributed by atoms with Crippen molar-refractivity contribution in [1.29, 1.82) is 0 Å². The molecule has 1 aromatic carbocycles. The summed E-state index contributed by atoms with van der Waals surface area (Å²) in [6.45, 7) is 2.18. The number of nitrogens with two attached hydrogens (primary N) is 1. The number of rotatable bonds is 4. The summed E-state index contributed by atoms with van der Waals surface area (Å²) in [4.78, 5) is 11.4. The SMILES string of the molecule is CC#CCNC(=O)CCc1ccc(N)cc1. The second-order valence-corrected chi connectivity index (χ2v) is 3.45. The molecule has 0 saturated carbocycles. The number of nitrogens with one attached hydrogen (secondary N) is 1. The van der Waals surface area contributed by atoms with Crippen molar-refractivity contribution in [3.63, 3.8) is 0 Å². The lowest BCUT2D eigenvalue weighted by Gasteiger charge is -2.02. The third-order valence-corrected chi connectivity index (χ3v) is 2.17. The highest BCUT2D eigenvalue weighted by molar-refractivity contribution is 5.76. The normalized spacial score (nSPS) is 9.06. The number of nitrogen functional groups attached to an aromatic ring is 1. The molecule has 0 unspecified atom stereocenters. The van der Waals surface area contributed by atoms with E-state index in [4.69, 9.17) is 5.73 Å². The molecule has 0 radical (unpaired) electrons. The van der Waals surface area contributed by atoms with Gasteiger partial charge in [-0.3, -0.25) is 4.79 Å². The van der Waals surface area contributed by atoms with Gasteiger partial charge in [0.15, 0.2) is 0 Å². The molecule has 0 aromatic heterocycles. The third kappa shape index (κ3) is 4.52. The van der Waals surface area contributed by atoms with Crippen LogP contribution in [0.1, 0.15) is 18.9 Å². The number of benzene rings is 1. The van der Waals surface area contributed by atoms with Crippen molar-refractivity contribution < 1.29 is 4.79 Å². The number of anilines is 1. The first-order chi connectivity index (χ1) is 7.72. The zero-order valence-electron chi connectivity index (χ0n) is 9.42. The van der Waals surface area contributed by atoms with Gasteiger partial charge < -0.3 is 11.1 Å². The third-order valence-electron chi connectivity index (χ3n) is 2.17. The topological polar surface area (TPSA) is 55.1 Å². The molecule has 1 aromatic rings. The van der Waals surface area contributed by atoms with Crippen LogP contribution in [0.2, 0.25) is 0 Å². The van der Waals surface area contributed by atoms with E-state index in [0.29, 0.717) is 13.0 Å². The van der Waals surface area contributed by atoms with Gasteiger partial charge in [0, 0.05) is 12.1 Å². The maximum Gasteiger partial charge on any atom is 0.221 e. The second-order valence-electron chi connectivity index (χ2n) is 3.45. The van der Waals surface area contributed by atoms with E-state index in [1.165, 1.54) is 0 Å². The molecule has 0 atom stereocenters. The Labute approximate surface area is 96.0 Å². The van der Waals surface area contributed by atoms with Gasteiger partial charge in [-0.15, -0.1) is 5.92 Å². The average molecular weight is 216 g/mol. The van der Waals surface area contributed by atoms with Crippen LogP contribution in [-0.2, 0) is 11.2 Å². The number of hydrogen-bond donors (Lipinski definition) is 2. The largest absolute Gasteiger partial charge is 0.399 e. The van der Waals surface area contributed by atoms with Crippen molar-refractivity contribution in [2.45, 2.75) is 19.8 Å². The van der Waals surface area contributed by atoms with Crippen molar-refractivity contribution in [3.05, 3.63) is 29.8 Å². The number of amides is 1. The summed E-state index contributed by atoms with van der Waals surface area (Å²) in [5.74, 6) is 5.54. The highest BCUT2D eigenvalue weighted by atomic mass is 16.1. The van der Waals surface area contributed by atoms with Crippen LogP contribution in [-0.4, -0.2) is 12.5 Å². The van der Waals surface area contributed by atoms with Gasteiger partial charge >= 0.3 is 0 Å². The van der Waals surface area contributed by atoms with E-state index >= 15 is 0 Å². The van der Waals surface area contributed by atoms with E-state index < -0.39 is 0 Å². The van der Waals surface area contributed by atoms with Gasteiger partial charge in [0.25, 0.3) is 0 Å². The molecule has 1 amide bonds. The summed E-state index contributed by atoms with van der Waals surface area (Å²) in [5.41, 5.74) is 7.43. The predicted octanol–water partition coefficient (Wildman–Crippen LogP) is 1.34. The van der Waals surface area contributed by atoms with Gasteiger partial charge in [-0.2, -0.15) is 0 Å². The molecule has 0 saturated heterocycles. The number of hydrogen-bond acceptors (Lipinski definition) is 2. The summed E-state index contributed by atoms with van der Waals surface area (Å²) in [6.07, 6.45) is 1.21. The Balaban J connectivity index is 2.30. The first-order valence-electron chi connectivity index (χ1n) is 5.23. The van der Waals surface area contributed by atoms with E-state index in [2.05, 4.69) is 17.2 Å². The van der Waals surface area contributed by atoms with E-state index in [0.717, 1.165) is 17.7 Å². The Hall–Kier alpha value is -1.95. The number of carbonyl (C=O) groups excluding carboxylic acids is 1. The van der Waals surface area contributed by atoms with Gasteiger partial charge in [-0.25, -0.2) is 0 Å². The summed E-state index contributed by atoms with van der Waals surface area (Å²) in [7, 11) is 0. The van der Waals surface area contributed by atoms with Gasteiger partial charge in [-0.05, 0) is 31.0 Å². The Morgan fingerprint density at radius 2 is 2.06 bits per heavy atom. The average Bonchev–Trinajstić information content (AvgIpc) is 2.29. The van der Waals surface area contributed by atoms with Crippen LogP contribution in [0.15, 0.2) is 24.3 Å². The fourth-order valence-electron chi connectivity index (χ4n) is 1.26. The van der Waals surface area contributed by atoms with Gasteiger partial charge in [-0.1, -0.05) is 18.1 Å². The number of carbonyl (C=O) groups is 1. The summed E-state index contributed by atoms with van der Waals surface area (Å²) in [6, 6.07) is 7.56. The summed E-state index contributed by atoms with van der Waals surface area (Å²) < 4.78 is 0. The predicted molar refractivity (Wildman–Crippen MR) is 65.6 cm³/mol. The van der Waals surface area contributed by atoms with E-state index in [9.17, 15) is 4.79 Å². The van der Waals surface area contributed by atoms with Crippen molar-refractivity contribution in [2.75, 3.05) is 12.3 Å². The lowest BCUT2D eigenvalue weighted by Crippen LogP contribution is -2.23. The standard InChI is InChI=1S/C13H16N2O/c1-2-3-10-15-13(16)9-6-11-4-7-12(14)8-5-11/h4-5,7-8H,6,9-10,14H2,1H3,(H,15,16). The Bertz CT molecular complexity index is 398. The molecule has 16 heavy (non-hydrogen) atoms. The molecule has 3 nitrogen and oxygen atoms in total. The fourth-order valence-corrected chi connectivity index (χ4v) is 1.26. The van der Waals surface area contributed by atoms with Crippen LogP contribution < -0.4 is 11.1 Å². The molecule has 3 heteroatoms. The fraction of sp³-hybridized carbons (Fsp3) is 0.308. The van der Waals surface area contributed by atoms with Crippen molar-refractivity contribution in [1.82, 2.24) is 5.32 Å². The summed E-state index contributed by atoms with van der Waals surface area (Å²) in [5, 5.41) is 2.73. The van der Waals surface area contributed by atoms with Gasteiger partial charge in [0.1, 0.15) is 0 Å². The molecule has 0 heterocycles. The first-order valence-corrected chi connectivity index (χ1v) is 5.23. The molecule has 0 aliphatic rings. The van der Waals surface area contributed by atoms with Crippen LogP contribution in [0.4, 0.5) is 5.69 Å². The molecular formula is C13H16N2O. The van der Waals surface area contributed by atoms with Crippen LogP contribution in [0.3, 0.4) is 0 Å². The van der Waals surface area contributed by atoms with Crippen molar-refractivity contribution in [2.24, 2.45) is 0 Å². The minimum absolute atomic E-state index is 0.0274. The Morgan fingerprint density at radius 1 is 1.38 bits per heavy atom. The highest BCUT2D eigenvalue weighted by Crippen LogP contribution is 2.07. The van der Waals surface area contributed by atoms with Crippen LogP contribution in [0.25, 0.3) is 0 Å². The molecule has 0 spiro atoms. The molecule has 1 rings (SSSR count).